The average molecular weight is 250 g/mol. The van der Waals surface area contributed by atoms with Crippen LogP contribution in [-0.4, -0.2) is 36.8 Å². The smallest absolute Gasteiger partial charge is 0.341 e. The molecule has 2 rings (SSSR count). The Labute approximate surface area is 107 Å². The first-order valence-electron chi connectivity index (χ1n) is 6.27. The van der Waals surface area contributed by atoms with Crippen LogP contribution in [0.4, 0.5) is 5.82 Å². The molecule has 0 spiro atoms. The summed E-state index contributed by atoms with van der Waals surface area (Å²) in [6.45, 7) is 3.66. The number of hydrogen-bond donors (Lipinski definition) is 1. The normalized spacial score (nSPS) is 16.3. The highest BCUT2D eigenvalue weighted by molar-refractivity contribution is 5.94. The minimum absolute atomic E-state index is 0.307. The van der Waals surface area contributed by atoms with Crippen molar-refractivity contribution in [2.75, 3.05) is 25.1 Å². The molecule has 0 aliphatic carbocycles. The molecule has 0 saturated carbocycles. The molecule has 18 heavy (non-hydrogen) atoms. The lowest BCUT2D eigenvalue weighted by Crippen LogP contribution is -2.29. The molecule has 0 aromatic carbocycles. The number of anilines is 1. The average Bonchev–Trinajstić information content (AvgIpc) is 2.41. The van der Waals surface area contributed by atoms with E-state index in [4.69, 9.17) is 9.47 Å². The van der Waals surface area contributed by atoms with Crippen molar-refractivity contribution in [2.45, 2.75) is 25.8 Å². The summed E-state index contributed by atoms with van der Waals surface area (Å²) in [5.41, 5.74) is 0.492. The highest BCUT2D eigenvalue weighted by Crippen LogP contribution is 2.17. The minimum atomic E-state index is -0.333. The summed E-state index contributed by atoms with van der Waals surface area (Å²) in [6.07, 6.45) is 3.53. The molecule has 1 aromatic heterocycles. The van der Waals surface area contributed by atoms with Gasteiger partial charge in [0.25, 0.3) is 0 Å². The number of nitrogens with one attached hydrogen (secondary N) is 1. The van der Waals surface area contributed by atoms with Gasteiger partial charge in [0.05, 0.1) is 6.61 Å². The summed E-state index contributed by atoms with van der Waals surface area (Å²) in [6, 6.07) is 3.77. The fourth-order valence-corrected chi connectivity index (χ4v) is 1.93. The van der Waals surface area contributed by atoms with E-state index in [2.05, 4.69) is 10.3 Å². The Morgan fingerprint density at radius 2 is 2.33 bits per heavy atom. The topological polar surface area (TPSA) is 60.5 Å². The zero-order chi connectivity index (χ0) is 12.8. The second kappa shape index (κ2) is 6.35. The summed E-state index contributed by atoms with van der Waals surface area (Å²) >= 11 is 0. The molecule has 0 unspecified atom stereocenters. The minimum Gasteiger partial charge on any atom is -0.462 e. The Bertz CT molecular complexity index is 403. The predicted octanol–water partition coefficient (Wildman–Crippen LogP) is 1.85. The molecule has 0 amide bonds. The number of carbonyl (C=O) groups is 1. The number of hydrogen-bond acceptors (Lipinski definition) is 5. The summed E-state index contributed by atoms with van der Waals surface area (Å²) in [4.78, 5) is 16.0. The van der Waals surface area contributed by atoms with Crippen molar-refractivity contribution in [2.24, 2.45) is 0 Å². The lowest BCUT2D eigenvalue weighted by atomic mass is 10.1. The fourth-order valence-electron chi connectivity index (χ4n) is 1.93. The Morgan fingerprint density at radius 3 is 3.06 bits per heavy atom. The van der Waals surface area contributed by atoms with Crippen molar-refractivity contribution >= 4 is 11.8 Å². The van der Waals surface area contributed by atoms with Crippen LogP contribution in [-0.2, 0) is 9.47 Å². The molecule has 1 aromatic rings. The largest absolute Gasteiger partial charge is 0.462 e. The van der Waals surface area contributed by atoms with Gasteiger partial charge >= 0.3 is 5.97 Å². The van der Waals surface area contributed by atoms with E-state index >= 15 is 0 Å². The monoisotopic (exact) mass is 250 g/mol. The van der Waals surface area contributed by atoms with Crippen molar-refractivity contribution in [1.82, 2.24) is 4.98 Å². The van der Waals surface area contributed by atoms with Crippen LogP contribution in [0.3, 0.4) is 0 Å². The third kappa shape index (κ3) is 3.20. The first-order chi connectivity index (χ1) is 8.81. The van der Waals surface area contributed by atoms with Gasteiger partial charge in [-0.15, -0.1) is 0 Å². The van der Waals surface area contributed by atoms with Gasteiger partial charge in [0.15, 0.2) is 0 Å². The number of esters is 1. The third-order valence-electron chi connectivity index (χ3n) is 2.87. The predicted molar refractivity (Wildman–Crippen MR) is 67.7 cm³/mol. The molecule has 0 atom stereocenters. The molecule has 1 aliphatic rings. The number of nitrogens with zero attached hydrogens (tertiary/aromatic N) is 1. The first kappa shape index (κ1) is 12.8. The maximum Gasteiger partial charge on any atom is 0.341 e. The van der Waals surface area contributed by atoms with Crippen LogP contribution < -0.4 is 5.32 Å². The van der Waals surface area contributed by atoms with Gasteiger partial charge in [0.1, 0.15) is 11.4 Å². The van der Waals surface area contributed by atoms with Gasteiger partial charge in [-0.2, -0.15) is 0 Å². The van der Waals surface area contributed by atoms with E-state index in [0.717, 1.165) is 26.1 Å². The van der Waals surface area contributed by atoms with Gasteiger partial charge in [0, 0.05) is 25.5 Å². The Balaban J connectivity index is 2.08. The molecule has 1 N–H and O–H groups in total. The van der Waals surface area contributed by atoms with E-state index in [1.807, 2.05) is 0 Å². The molecule has 98 valence electrons. The molecule has 0 radical (unpaired) electrons. The standard InChI is InChI=1S/C13H18N2O3/c1-2-18-13(16)11-4-3-7-14-12(11)15-10-5-8-17-9-6-10/h3-4,7,10H,2,5-6,8-9H2,1H3,(H,14,15). The maximum atomic E-state index is 11.8. The fraction of sp³-hybridized carbons (Fsp3) is 0.538. The number of aromatic nitrogens is 1. The van der Waals surface area contributed by atoms with Gasteiger partial charge < -0.3 is 14.8 Å². The molecule has 5 heteroatoms. The second-order valence-electron chi connectivity index (χ2n) is 4.15. The molecule has 5 nitrogen and oxygen atoms in total. The van der Waals surface area contributed by atoms with E-state index in [-0.39, 0.29) is 5.97 Å². The van der Waals surface area contributed by atoms with E-state index in [1.54, 1.807) is 25.3 Å². The van der Waals surface area contributed by atoms with E-state index in [9.17, 15) is 4.79 Å². The summed E-state index contributed by atoms with van der Waals surface area (Å²) in [5, 5.41) is 3.30. The summed E-state index contributed by atoms with van der Waals surface area (Å²) < 4.78 is 10.3. The zero-order valence-corrected chi connectivity index (χ0v) is 10.5. The van der Waals surface area contributed by atoms with Crippen molar-refractivity contribution in [3.8, 4) is 0 Å². The molecular weight excluding hydrogens is 232 g/mol. The molecule has 1 aliphatic heterocycles. The van der Waals surface area contributed by atoms with Crippen LogP contribution >= 0.6 is 0 Å². The lowest BCUT2D eigenvalue weighted by Gasteiger charge is -2.24. The molecule has 1 fully saturated rings. The Morgan fingerprint density at radius 1 is 1.56 bits per heavy atom. The van der Waals surface area contributed by atoms with Gasteiger partial charge in [0.2, 0.25) is 0 Å². The van der Waals surface area contributed by atoms with Crippen molar-refractivity contribution in [1.29, 1.82) is 0 Å². The summed E-state index contributed by atoms with van der Waals surface area (Å²) in [5.74, 6) is 0.267. The second-order valence-corrected chi connectivity index (χ2v) is 4.15. The number of pyridine rings is 1. The highest BCUT2D eigenvalue weighted by atomic mass is 16.5. The van der Waals surface area contributed by atoms with Crippen LogP contribution in [0.1, 0.15) is 30.1 Å². The van der Waals surface area contributed by atoms with E-state index in [1.165, 1.54) is 0 Å². The van der Waals surface area contributed by atoms with Crippen LogP contribution in [0, 0.1) is 0 Å². The Hall–Kier alpha value is -1.62. The van der Waals surface area contributed by atoms with Crippen molar-refractivity contribution in [3.63, 3.8) is 0 Å². The zero-order valence-electron chi connectivity index (χ0n) is 10.5. The first-order valence-corrected chi connectivity index (χ1v) is 6.27. The quantitative estimate of drug-likeness (QED) is 0.826. The number of ether oxygens (including phenoxy) is 2. The number of carbonyl (C=O) groups excluding carboxylic acids is 1. The van der Waals surface area contributed by atoms with Crippen LogP contribution in [0.2, 0.25) is 0 Å². The Kier molecular flexibility index (Phi) is 4.52. The van der Waals surface area contributed by atoms with Crippen LogP contribution in [0.5, 0.6) is 0 Å². The molecule has 2 heterocycles. The van der Waals surface area contributed by atoms with Gasteiger partial charge in [-0.25, -0.2) is 9.78 Å². The van der Waals surface area contributed by atoms with E-state index in [0.29, 0.717) is 24.0 Å². The SMILES string of the molecule is CCOC(=O)c1cccnc1NC1CCOCC1. The van der Waals surface area contributed by atoms with Crippen molar-refractivity contribution < 1.29 is 14.3 Å². The molecular formula is C13H18N2O3. The maximum absolute atomic E-state index is 11.8. The molecule has 0 bridgehead atoms. The van der Waals surface area contributed by atoms with E-state index < -0.39 is 0 Å². The van der Waals surface area contributed by atoms with Gasteiger partial charge in [-0.05, 0) is 31.9 Å². The molecule has 1 saturated heterocycles. The van der Waals surface area contributed by atoms with Crippen LogP contribution in [0.25, 0.3) is 0 Å². The number of rotatable bonds is 4. The highest BCUT2D eigenvalue weighted by Gasteiger charge is 2.18. The third-order valence-corrected chi connectivity index (χ3v) is 2.87. The van der Waals surface area contributed by atoms with Gasteiger partial charge in [-0.1, -0.05) is 0 Å². The van der Waals surface area contributed by atoms with Crippen molar-refractivity contribution in [3.05, 3.63) is 23.9 Å². The lowest BCUT2D eigenvalue weighted by molar-refractivity contribution is 0.0527. The van der Waals surface area contributed by atoms with Gasteiger partial charge in [-0.3, -0.25) is 0 Å². The van der Waals surface area contributed by atoms with Crippen LogP contribution in [0.15, 0.2) is 18.3 Å². The summed E-state index contributed by atoms with van der Waals surface area (Å²) in [7, 11) is 0.